The fourth-order valence-corrected chi connectivity index (χ4v) is 7.27. The van der Waals surface area contributed by atoms with Crippen LogP contribution in [0.15, 0.2) is 11.6 Å². The van der Waals surface area contributed by atoms with Crippen molar-refractivity contribution in [3.63, 3.8) is 0 Å². The number of hydrogen-bond donors (Lipinski definition) is 0. The van der Waals surface area contributed by atoms with Crippen LogP contribution in [-0.4, -0.2) is 36.4 Å². The van der Waals surface area contributed by atoms with Gasteiger partial charge in [-0.25, -0.2) is 4.39 Å². The quantitative estimate of drug-likeness (QED) is 0.497. The van der Waals surface area contributed by atoms with E-state index in [0.29, 0.717) is 25.0 Å². The Bertz CT molecular complexity index is 626. The summed E-state index contributed by atoms with van der Waals surface area (Å²) in [5.41, 5.74) is 1.27. The van der Waals surface area contributed by atoms with E-state index in [0.717, 1.165) is 51.4 Å². The number of alkyl halides is 1. The molecule has 0 aromatic carbocycles. The zero-order valence-corrected chi connectivity index (χ0v) is 14.5. The van der Waals surface area contributed by atoms with Gasteiger partial charge in [0.1, 0.15) is 17.4 Å². The number of rotatable bonds is 0. The summed E-state index contributed by atoms with van der Waals surface area (Å²) in [6.07, 6.45) is 9.53. The van der Waals surface area contributed by atoms with E-state index in [1.165, 1.54) is 5.57 Å². The van der Waals surface area contributed by atoms with Gasteiger partial charge in [-0.1, -0.05) is 13.0 Å². The van der Waals surface area contributed by atoms with Crippen molar-refractivity contribution in [2.75, 3.05) is 13.2 Å². The lowest BCUT2D eigenvalue weighted by atomic mass is 9.54. The maximum absolute atomic E-state index is 14.5. The van der Waals surface area contributed by atoms with Crippen molar-refractivity contribution >= 4 is 0 Å². The minimum Gasteiger partial charge on any atom is -0.358 e. The van der Waals surface area contributed by atoms with Gasteiger partial charge in [0.2, 0.25) is 0 Å². The molecule has 2 saturated heterocycles. The van der Waals surface area contributed by atoms with Gasteiger partial charge in [-0.15, -0.1) is 0 Å². The average molecular weight is 334 g/mol. The Morgan fingerprint density at radius 1 is 1.08 bits per heavy atom. The van der Waals surface area contributed by atoms with Crippen LogP contribution < -0.4 is 0 Å². The topological polar surface area (TPSA) is 31.0 Å². The normalized spacial score (nSPS) is 56.9. The zero-order chi connectivity index (χ0) is 16.2. The molecule has 0 aromatic heterocycles. The second-order valence-corrected chi connectivity index (χ2v) is 9.37. The van der Waals surface area contributed by atoms with Gasteiger partial charge in [-0.3, -0.25) is 0 Å². The van der Waals surface area contributed by atoms with Crippen LogP contribution >= 0.6 is 0 Å². The van der Waals surface area contributed by atoms with Crippen LogP contribution in [-0.2, 0) is 14.2 Å². The van der Waals surface area contributed by atoms with Gasteiger partial charge in [0, 0.05) is 18.3 Å². The summed E-state index contributed by atoms with van der Waals surface area (Å²) in [7, 11) is 0. The van der Waals surface area contributed by atoms with Crippen molar-refractivity contribution in [2.45, 2.75) is 81.5 Å². The van der Waals surface area contributed by atoms with Crippen molar-refractivity contribution in [3.8, 4) is 0 Å². The molecule has 0 bridgehead atoms. The van der Waals surface area contributed by atoms with E-state index in [1.807, 2.05) is 0 Å². The SMILES string of the molecule is C[C@]12CC=C3C(CC[C@]45CC6(CCC34O5)OCCO6)C1CC[C@H]2F. The summed E-state index contributed by atoms with van der Waals surface area (Å²) in [6.45, 7) is 3.62. The molecule has 0 aromatic rings. The van der Waals surface area contributed by atoms with E-state index in [1.54, 1.807) is 0 Å². The summed E-state index contributed by atoms with van der Waals surface area (Å²) in [5, 5.41) is 0. The van der Waals surface area contributed by atoms with E-state index < -0.39 is 6.17 Å². The molecule has 0 amide bonds. The number of allylic oxidation sites excluding steroid dienone is 1. The van der Waals surface area contributed by atoms with Gasteiger partial charge in [-0.2, -0.15) is 0 Å². The maximum Gasteiger partial charge on any atom is 0.171 e. The minimum atomic E-state index is -0.625. The molecule has 2 heterocycles. The van der Waals surface area contributed by atoms with E-state index in [2.05, 4.69) is 13.0 Å². The van der Waals surface area contributed by atoms with Crippen molar-refractivity contribution in [3.05, 3.63) is 11.6 Å². The lowest BCUT2D eigenvalue weighted by molar-refractivity contribution is -0.185. The Balaban J connectivity index is 1.36. The fourth-order valence-electron chi connectivity index (χ4n) is 7.27. The third-order valence-electron chi connectivity index (χ3n) is 8.56. The van der Waals surface area contributed by atoms with Crippen molar-refractivity contribution in [1.29, 1.82) is 0 Å². The number of hydrogen-bond acceptors (Lipinski definition) is 3. The molecule has 4 heteroatoms. The molecular weight excluding hydrogens is 307 g/mol. The van der Waals surface area contributed by atoms with Gasteiger partial charge in [-0.05, 0) is 55.9 Å². The Morgan fingerprint density at radius 2 is 1.92 bits per heavy atom. The fraction of sp³-hybridized carbons (Fsp3) is 0.900. The second kappa shape index (κ2) is 4.27. The monoisotopic (exact) mass is 334 g/mol. The van der Waals surface area contributed by atoms with Crippen molar-refractivity contribution < 1.29 is 18.6 Å². The molecule has 6 aliphatic rings. The largest absolute Gasteiger partial charge is 0.358 e. The van der Waals surface area contributed by atoms with Crippen LogP contribution in [0.1, 0.15) is 58.3 Å². The molecule has 5 fully saturated rings. The van der Waals surface area contributed by atoms with Crippen LogP contribution in [0, 0.1) is 17.3 Å². The van der Waals surface area contributed by atoms with Crippen LogP contribution in [0.2, 0.25) is 0 Å². The highest BCUT2D eigenvalue weighted by Crippen LogP contribution is 2.73. The molecule has 3 unspecified atom stereocenters. The van der Waals surface area contributed by atoms with Gasteiger partial charge in [0.15, 0.2) is 5.79 Å². The standard InChI is InChI=1S/C20H27FO3/c1-17-6-5-15-13(14(17)2-3-16(17)21)4-7-18-12-19(22-10-11-23-19)8-9-20(15,18)24-18/h5,13-14,16H,2-4,6-12H2,1H3/t13?,14?,16-,17+,18+,20?/m1/s1. The number of halogens is 1. The van der Waals surface area contributed by atoms with Gasteiger partial charge in [0.05, 0.1) is 13.2 Å². The predicted molar refractivity (Wildman–Crippen MR) is 86.2 cm³/mol. The van der Waals surface area contributed by atoms with E-state index in [9.17, 15) is 4.39 Å². The highest BCUT2D eigenvalue weighted by Gasteiger charge is 2.79. The molecular formula is C20H27FO3. The molecule has 24 heavy (non-hydrogen) atoms. The first-order chi connectivity index (χ1) is 11.5. The van der Waals surface area contributed by atoms with E-state index >= 15 is 0 Å². The van der Waals surface area contributed by atoms with Crippen LogP contribution in [0.5, 0.6) is 0 Å². The van der Waals surface area contributed by atoms with Gasteiger partial charge < -0.3 is 14.2 Å². The van der Waals surface area contributed by atoms with E-state index in [4.69, 9.17) is 14.2 Å². The molecule has 1 spiro atoms. The lowest BCUT2D eigenvalue weighted by Crippen LogP contribution is -2.51. The molecule has 6 rings (SSSR count). The Labute approximate surface area is 142 Å². The highest BCUT2D eigenvalue weighted by molar-refractivity contribution is 5.43. The third kappa shape index (κ3) is 1.51. The Hall–Kier alpha value is -0.450. The molecule has 6 atom stereocenters. The second-order valence-electron chi connectivity index (χ2n) is 9.37. The van der Waals surface area contributed by atoms with Crippen molar-refractivity contribution in [1.82, 2.24) is 0 Å². The summed E-state index contributed by atoms with van der Waals surface area (Å²) < 4.78 is 33.1. The lowest BCUT2D eigenvalue weighted by Gasteiger charge is -2.49. The minimum absolute atomic E-state index is 0.0562. The van der Waals surface area contributed by atoms with Crippen LogP contribution in [0.4, 0.5) is 4.39 Å². The van der Waals surface area contributed by atoms with Gasteiger partial charge >= 0.3 is 0 Å². The molecule has 0 N–H and O–H groups in total. The van der Waals surface area contributed by atoms with Gasteiger partial charge in [0.25, 0.3) is 0 Å². The number of fused-ring (bicyclic) bond motifs is 3. The van der Waals surface area contributed by atoms with Crippen LogP contribution in [0.25, 0.3) is 0 Å². The first-order valence-electron chi connectivity index (χ1n) is 9.85. The molecule has 132 valence electrons. The third-order valence-corrected chi connectivity index (χ3v) is 8.56. The van der Waals surface area contributed by atoms with Crippen LogP contribution in [0.3, 0.4) is 0 Å². The van der Waals surface area contributed by atoms with Crippen molar-refractivity contribution in [2.24, 2.45) is 17.3 Å². The summed E-state index contributed by atoms with van der Waals surface area (Å²) in [6, 6.07) is 0. The molecule has 3 saturated carbocycles. The molecule has 4 aliphatic carbocycles. The molecule has 0 radical (unpaired) electrons. The molecule has 2 aliphatic heterocycles. The predicted octanol–water partition coefficient (Wildman–Crippen LogP) is 3.92. The highest BCUT2D eigenvalue weighted by atomic mass is 19.1. The smallest absolute Gasteiger partial charge is 0.171 e. The average Bonchev–Trinajstić information content (AvgIpc) is 2.88. The molecule has 3 nitrogen and oxygen atoms in total. The summed E-state index contributed by atoms with van der Waals surface area (Å²) in [5.74, 6) is 0.673. The Morgan fingerprint density at radius 3 is 2.75 bits per heavy atom. The first kappa shape index (κ1) is 14.7. The number of ether oxygens (including phenoxy) is 3. The maximum atomic E-state index is 14.5. The summed E-state index contributed by atoms with van der Waals surface area (Å²) >= 11 is 0. The van der Waals surface area contributed by atoms with E-state index in [-0.39, 0.29) is 22.4 Å². The number of epoxide rings is 1. The zero-order valence-electron chi connectivity index (χ0n) is 14.5. The first-order valence-corrected chi connectivity index (χ1v) is 9.85. The summed E-state index contributed by atoms with van der Waals surface area (Å²) in [4.78, 5) is 0. The Kier molecular flexibility index (Phi) is 2.61.